The number of para-hydroxylation sites is 1. The standard InChI is InChI=1S/C26H22N2O6S/c29-25(24-16-19-4-1-2-6-23(19)34-24)27-20-11-7-17(8-12-20)18-9-13-21(14-10-18)35(32,33)28-15-3-5-22(28)26(30)31/h1-2,4,6-14,16,22H,3,5,15H2,(H,27,29)(H,30,31)/t22-/m0/s1. The quantitative estimate of drug-likeness (QED) is 0.408. The Balaban J connectivity index is 1.29. The van der Waals surface area contributed by atoms with Crippen molar-refractivity contribution in [3.8, 4) is 11.1 Å². The molecule has 0 saturated carbocycles. The zero-order chi connectivity index (χ0) is 24.6. The highest BCUT2D eigenvalue weighted by Crippen LogP contribution is 2.29. The van der Waals surface area contributed by atoms with E-state index in [1.807, 2.05) is 30.3 Å². The molecule has 178 valence electrons. The molecule has 1 aliphatic rings. The van der Waals surface area contributed by atoms with Crippen molar-refractivity contribution < 1.29 is 27.5 Å². The smallest absolute Gasteiger partial charge is 0.322 e. The van der Waals surface area contributed by atoms with Crippen LogP contribution < -0.4 is 5.32 Å². The Labute approximate surface area is 201 Å². The lowest BCUT2D eigenvalue weighted by molar-refractivity contribution is -0.140. The second-order valence-electron chi connectivity index (χ2n) is 8.32. The highest BCUT2D eigenvalue weighted by Gasteiger charge is 2.39. The first kappa shape index (κ1) is 22.8. The Bertz CT molecular complexity index is 1470. The Kier molecular flexibility index (Phi) is 5.88. The predicted octanol–water partition coefficient (Wildman–Crippen LogP) is 4.59. The van der Waals surface area contributed by atoms with E-state index in [0.29, 0.717) is 24.1 Å². The van der Waals surface area contributed by atoms with Gasteiger partial charge < -0.3 is 14.8 Å². The predicted molar refractivity (Wildman–Crippen MR) is 131 cm³/mol. The van der Waals surface area contributed by atoms with E-state index in [2.05, 4.69) is 5.32 Å². The summed E-state index contributed by atoms with van der Waals surface area (Å²) in [5, 5.41) is 13.0. The van der Waals surface area contributed by atoms with Crippen LogP contribution in [0.3, 0.4) is 0 Å². The molecule has 1 fully saturated rings. The minimum atomic E-state index is -3.89. The monoisotopic (exact) mass is 490 g/mol. The molecule has 1 amide bonds. The third-order valence-electron chi connectivity index (χ3n) is 6.08. The number of furan rings is 1. The van der Waals surface area contributed by atoms with Crippen molar-refractivity contribution in [1.82, 2.24) is 4.31 Å². The first-order valence-electron chi connectivity index (χ1n) is 11.1. The molecule has 0 bridgehead atoms. The maximum Gasteiger partial charge on any atom is 0.322 e. The number of benzene rings is 3. The number of hydrogen-bond acceptors (Lipinski definition) is 5. The number of hydrogen-bond donors (Lipinski definition) is 2. The summed E-state index contributed by atoms with van der Waals surface area (Å²) in [6.45, 7) is 0.197. The van der Waals surface area contributed by atoms with E-state index in [-0.39, 0.29) is 23.1 Å². The van der Waals surface area contributed by atoms with Gasteiger partial charge in [0.05, 0.1) is 4.90 Å². The van der Waals surface area contributed by atoms with E-state index in [1.165, 1.54) is 12.1 Å². The molecule has 0 unspecified atom stereocenters. The number of carbonyl (C=O) groups is 2. The van der Waals surface area contributed by atoms with Gasteiger partial charge in [0.15, 0.2) is 5.76 Å². The molecule has 35 heavy (non-hydrogen) atoms. The summed E-state index contributed by atoms with van der Waals surface area (Å²) < 4.78 is 32.5. The van der Waals surface area contributed by atoms with Crippen LogP contribution in [0.4, 0.5) is 5.69 Å². The Hall–Kier alpha value is -3.95. The number of nitrogens with one attached hydrogen (secondary N) is 1. The first-order valence-corrected chi connectivity index (χ1v) is 12.5. The molecular formula is C26H22N2O6S. The van der Waals surface area contributed by atoms with Crippen LogP contribution in [0.15, 0.2) is 88.2 Å². The first-order chi connectivity index (χ1) is 16.8. The van der Waals surface area contributed by atoms with Crippen molar-refractivity contribution >= 4 is 38.6 Å². The fourth-order valence-corrected chi connectivity index (χ4v) is 5.91. The number of carboxylic acids is 1. The number of fused-ring (bicyclic) bond motifs is 1. The number of nitrogens with zero attached hydrogens (tertiary/aromatic N) is 1. The van der Waals surface area contributed by atoms with E-state index in [0.717, 1.165) is 20.8 Å². The minimum Gasteiger partial charge on any atom is -0.480 e. The van der Waals surface area contributed by atoms with Crippen LogP contribution in [0.5, 0.6) is 0 Å². The second-order valence-corrected chi connectivity index (χ2v) is 10.2. The Morgan fingerprint density at radius 1 is 0.943 bits per heavy atom. The van der Waals surface area contributed by atoms with Gasteiger partial charge in [0, 0.05) is 17.6 Å². The molecule has 5 rings (SSSR count). The lowest BCUT2D eigenvalue weighted by Crippen LogP contribution is -2.40. The van der Waals surface area contributed by atoms with Gasteiger partial charge in [-0.25, -0.2) is 8.42 Å². The maximum atomic E-state index is 12.9. The Morgan fingerprint density at radius 2 is 1.60 bits per heavy atom. The molecule has 0 aliphatic carbocycles. The molecule has 0 spiro atoms. The highest BCUT2D eigenvalue weighted by molar-refractivity contribution is 7.89. The van der Waals surface area contributed by atoms with E-state index >= 15 is 0 Å². The molecule has 1 aromatic heterocycles. The molecule has 2 N–H and O–H groups in total. The van der Waals surface area contributed by atoms with Gasteiger partial charge in [0.2, 0.25) is 10.0 Å². The number of sulfonamides is 1. The van der Waals surface area contributed by atoms with Crippen LogP contribution in [0.2, 0.25) is 0 Å². The van der Waals surface area contributed by atoms with Gasteiger partial charge in [-0.2, -0.15) is 4.31 Å². The van der Waals surface area contributed by atoms with Crippen LogP contribution in [-0.4, -0.2) is 42.3 Å². The molecular weight excluding hydrogens is 468 g/mol. The van der Waals surface area contributed by atoms with Crippen LogP contribution in [-0.2, 0) is 14.8 Å². The summed E-state index contributed by atoms with van der Waals surface area (Å²) in [6.07, 6.45) is 0.833. The van der Waals surface area contributed by atoms with E-state index in [9.17, 15) is 23.1 Å². The third-order valence-corrected chi connectivity index (χ3v) is 8.00. The lowest BCUT2D eigenvalue weighted by atomic mass is 10.1. The number of carboxylic acid groups (broad SMARTS) is 1. The van der Waals surface area contributed by atoms with E-state index < -0.39 is 22.0 Å². The maximum absolute atomic E-state index is 12.9. The summed E-state index contributed by atoms with van der Waals surface area (Å²) in [6, 6.07) is 21.5. The van der Waals surface area contributed by atoms with Gasteiger partial charge in [0.1, 0.15) is 11.6 Å². The molecule has 0 radical (unpaired) electrons. The normalized spacial score (nSPS) is 16.4. The van der Waals surface area contributed by atoms with Crippen molar-refractivity contribution in [3.63, 3.8) is 0 Å². The molecule has 4 aromatic rings. The lowest BCUT2D eigenvalue weighted by Gasteiger charge is -2.21. The van der Waals surface area contributed by atoms with Crippen molar-refractivity contribution in [3.05, 3.63) is 84.6 Å². The number of carbonyl (C=O) groups excluding carboxylic acids is 1. The fourth-order valence-electron chi connectivity index (χ4n) is 4.26. The van der Waals surface area contributed by atoms with Crippen LogP contribution in [0.25, 0.3) is 22.1 Å². The number of rotatable bonds is 6. The molecule has 3 aromatic carbocycles. The Morgan fingerprint density at radius 3 is 2.26 bits per heavy atom. The molecule has 9 heteroatoms. The third kappa shape index (κ3) is 4.43. The van der Waals surface area contributed by atoms with Crippen molar-refractivity contribution in [2.45, 2.75) is 23.8 Å². The zero-order valence-corrected chi connectivity index (χ0v) is 19.4. The van der Waals surface area contributed by atoms with Gasteiger partial charge in [-0.3, -0.25) is 9.59 Å². The number of aliphatic carboxylic acids is 1. The van der Waals surface area contributed by atoms with Gasteiger partial charge in [-0.1, -0.05) is 42.5 Å². The summed E-state index contributed by atoms with van der Waals surface area (Å²) in [4.78, 5) is 24.0. The van der Waals surface area contributed by atoms with Crippen LogP contribution in [0, 0.1) is 0 Å². The molecule has 1 saturated heterocycles. The van der Waals surface area contributed by atoms with Gasteiger partial charge in [-0.15, -0.1) is 0 Å². The molecule has 2 heterocycles. The topological polar surface area (TPSA) is 117 Å². The van der Waals surface area contributed by atoms with Crippen molar-refractivity contribution in [2.24, 2.45) is 0 Å². The summed E-state index contributed by atoms with van der Waals surface area (Å²) in [5.74, 6) is -1.27. The van der Waals surface area contributed by atoms with Crippen molar-refractivity contribution in [1.29, 1.82) is 0 Å². The van der Waals surface area contributed by atoms with E-state index in [4.69, 9.17) is 4.42 Å². The number of amides is 1. The SMILES string of the molecule is O=C(Nc1ccc(-c2ccc(S(=O)(=O)N3CCC[C@H]3C(=O)O)cc2)cc1)c1cc2ccccc2o1. The van der Waals surface area contributed by atoms with Gasteiger partial charge >= 0.3 is 5.97 Å². The minimum absolute atomic E-state index is 0.0594. The molecule has 8 nitrogen and oxygen atoms in total. The number of anilines is 1. The average Bonchev–Trinajstić information content (AvgIpc) is 3.53. The van der Waals surface area contributed by atoms with Gasteiger partial charge in [-0.05, 0) is 60.4 Å². The molecule has 1 atom stereocenters. The molecule has 1 aliphatic heterocycles. The van der Waals surface area contributed by atoms with E-state index in [1.54, 1.807) is 36.4 Å². The average molecular weight is 491 g/mol. The van der Waals surface area contributed by atoms with Crippen LogP contribution in [0.1, 0.15) is 23.4 Å². The largest absolute Gasteiger partial charge is 0.480 e. The second kappa shape index (κ2) is 9.01. The van der Waals surface area contributed by atoms with Crippen LogP contribution >= 0.6 is 0 Å². The zero-order valence-electron chi connectivity index (χ0n) is 18.5. The van der Waals surface area contributed by atoms with Crippen molar-refractivity contribution in [2.75, 3.05) is 11.9 Å². The summed E-state index contributed by atoms with van der Waals surface area (Å²) in [7, 11) is -3.89. The highest BCUT2D eigenvalue weighted by atomic mass is 32.2. The summed E-state index contributed by atoms with van der Waals surface area (Å²) >= 11 is 0. The fraction of sp³-hybridized carbons (Fsp3) is 0.154. The van der Waals surface area contributed by atoms with Gasteiger partial charge in [0.25, 0.3) is 5.91 Å². The summed E-state index contributed by atoms with van der Waals surface area (Å²) in [5.41, 5.74) is 2.85.